The number of methoxy groups -OCH3 is 1. The van der Waals surface area contributed by atoms with Gasteiger partial charge in [-0.15, -0.1) is 0 Å². The summed E-state index contributed by atoms with van der Waals surface area (Å²) in [4.78, 5) is 12.0. The van der Waals surface area contributed by atoms with Crippen LogP contribution in [0.5, 0.6) is 5.75 Å². The minimum atomic E-state index is -0.220. The van der Waals surface area contributed by atoms with Crippen molar-refractivity contribution in [3.8, 4) is 5.75 Å². The van der Waals surface area contributed by atoms with Crippen molar-refractivity contribution in [3.63, 3.8) is 0 Å². The third-order valence-corrected chi connectivity index (χ3v) is 4.39. The highest BCUT2D eigenvalue weighted by atomic mass is 35.5. The molecule has 0 radical (unpaired) electrons. The molecule has 24 heavy (non-hydrogen) atoms. The van der Waals surface area contributed by atoms with Crippen LogP contribution < -0.4 is 15.4 Å². The molecule has 1 unspecified atom stereocenters. The zero-order chi connectivity index (χ0) is 17.5. The average Bonchev–Trinajstić information content (AvgIpc) is 2.58. The van der Waals surface area contributed by atoms with Crippen LogP contribution in [-0.4, -0.2) is 19.7 Å². The van der Waals surface area contributed by atoms with E-state index >= 15 is 0 Å². The van der Waals surface area contributed by atoms with E-state index in [1.807, 2.05) is 37.3 Å². The van der Waals surface area contributed by atoms with E-state index in [-0.39, 0.29) is 12.1 Å². The standard InChI is InChI=1S/C18H20Cl2N2O2/c1-12(14-5-8-16(19)17(20)11-14)22-18(23)21-10-9-13-3-6-15(24-2)7-4-13/h3-8,11-12H,9-10H2,1-2H3,(H2,21,22,23). The van der Waals surface area contributed by atoms with Gasteiger partial charge in [0.25, 0.3) is 0 Å². The van der Waals surface area contributed by atoms with E-state index in [0.29, 0.717) is 16.6 Å². The molecule has 0 aliphatic heterocycles. The SMILES string of the molecule is COc1ccc(CCNC(=O)NC(C)c2ccc(Cl)c(Cl)c2)cc1. The fraction of sp³-hybridized carbons (Fsp3) is 0.278. The van der Waals surface area contributed by atoms with Crippen molar-refractivity contribution in [3.05, 3.63) is 63.6 Å². The molecule has 128 valence electrons. The molecule has 0 aliphatic rings. The van der Waals surface area contributed by atoms with Gasteiger partial charge in [-0.3, -0.25) is 0 Å². The van der Waals surface area contributed by atoms with Crippen LogP contribution >= 0.6 is 23.2 Å². The van der Waals surface area contributed by atoms with Crippen LogP contribution in [0.25, 0.3) is 0 Å². The van der Waals surface area contributed by atoms with E-state index in [0.717, 1.165) is 23.3 Å². The Labute approximate surface area is 152 Å². The molecule has 0 aromatic heterocycles. The molecule has 6 heteroatoms. The van der Waals surface area contributed by atoms with Gasteiger partial charge in [-0.05, 0) is 48.7 Å². The summed E-state index contributed by atoms with van der Waals surface area (Å²) in [6.07, 6.45) is 0.749. The van der Waals surface area contributed by atoms with Crippen LogP contribution in [0.15, 0.2) is 42.5 Å². The molecule has 0 fully saturated rings. The van der Waals surface area contributed by atoms with Crippen LogP contribution in [-0.2, 0) is 6.42 Å². The second kappa shape index (κ2) is 8.81. The van der Waals surface area contributed by atoms with Crippen LogP contribution in [0.3, 0.4) is 0 Å². The maximum atomic E-state index is 12.0. The fourth-order valence-electron chi connectivity index (χ4n) is 2.23. The van der Waals surface area contributed by atoms with Crippen molar-refractivity contribution in [2.45, 2.75) is 19.4 Å². The lowest BCUT2D eigenvalue weighted by molar-refractivity contribution is 0.238. The molecule has 1 atom stereocenters. The zero-order valence-electron chi connectivity index (χ0n) is 13.6. The van der Waals surface area contributed by atoms with Crippen molar-refractivity contribution in [1.29, 1.82) is 0 Å². The Morgan fingerprint density at radius 2 is 1.83 bits per heavy atom. The van der Waals surface area contributed by atoms with Crippen molar-refractivity contribution < 1.29 is 9.53 Å². The number of nitrogens with one attached hydrogen (secondary N) is 2. The molecular formula is C18H20Cl2N2O2. The third kappa shape index (κ3) is 5.32. The number of carbonyl (C=O) groups is 1. The molecule has 2 aromatic carbocycles. The molecule has 2 amide bonds. The van der Waals surface area contributed by atoms with Gasteiger partial charge in [0.2, 0.25) is 0 Å². The molecule has 2 rings (SSSR count). The van der Waals surface area contributed by atoms with Crippen LogP contribution in [0.2, 0.25) is 10.0 Å². The first-order chi connectivity index (χ1) is 11.5. The molecule has 2 N–H and O–H groups in total. The number of hydrogen-bond donors (Lipinski definition) is 2. The summed E-state index contributed by atoms with van der Waals surface area (Å²) in [5.74, 6) is 0.819. The molecule has 4 nitrogen and oxygen atoms in total. The van der Waals surface area contributed by atoms with Crippen LogP contribution in [0.4, 0.5) is 4.79 Å². The largest absolute Gasteiger partial charge is 0.497 e. The monoisotopic (exact) mass is 366 g/mol. The molecule has 0 heterocycles. The first-order valence-electron chi connectivity index (χ1n) is 7.62. The van der Waals surface area contributed by atoms with E-state index in [2.05, 4.69) is 10.6 Å². The zero-order valence-corrected chi connectivity index (χ0v) is 15.1. The minimum absolute atomic E-state index is 0.166. The second-order valence-electron chi connectivity index (χ2n) is 5.39. The molecule has 0 saturated carbocycles. The Bertz CT molecular complexity index is 690. The molecule has 0 spiro atoms. The van der Waals surface area contributed by atoms with Gasteiger partial charge in [0.15, 0.2) is 0 Å². The van der Waals surface area contributed by atoms with Crippen LogP contribution in [0, 0.1) is 0 Å². The molecule has 0 saturated heterocycles. The van der Waals surface area contributed by atoms with Crippen molar-refractivity contribution in [2.75, 3.05) is 13.7 Å². The minimum Gasteiger partial charge on any atom is -0.497 e. The maximum absolute atomic E-state index is 12.0. The number of ether oxygens (including phenoxy) is 1. The van der Waals surface area contributed by atoms with Gasteiger partial charge in [-0.2, -0.15) is 0 Å². The predicted molar refractivity (Wildman–Crippen MR) is 98.1 cm³/mol. The number of rotatable bonds is 6. The van der Waals surface area contributed by atoms with Gasteiger partial charge in [-0.1, -0.05) is 41.4 Å². The van der Waals surface area contributed by atoms with E-state index in [4.69, 9.17) is 27.9 Å². The summed E-state index contributed by atoms with van der Waals surface area (Å²) in [5, 5.41) is 6.69. The molecule has 2 aromatic rings. The van der Waals surface area contributed by atoms with Gasteiger partial charge in [-0.25, -0.2) is 4.79 Å². The highest BCUT2D eigenvalue weighted by molar-refractivity contribution is 6.42. The Kier molecular flexibility index (Phi) is 6.76. The van der Waals surface area contributed by atoms with E-state index in [1.165, 1.54) is 0 Å². The van der Waals surface area contributed by atoms with Crippen molar-refractivity contribution in [2.24, 2.45) is 0 Å². The summed E-state index contributed by atoms with van der Waals surface area (Å²) in [5.41, 5.74) is 2.03. The quantitative estimate of drug-likeness (QED) is 0.784. The molecule has 0 aliphatic carbocycles. The van der Waals surface area contributed by atoms with Gasteiger partial charge in [0, 0.05) is 6.54 Å². The summed E-state index contributed by atoms with van der Waals surface area (Å²) in [7, 11) is 1.63. The van der Waals surface area contributed by atoms with E-state index in [1.54, 1.807) is 19.2 Å². The Hall–Kier alpha value is -1.91. The first-order valence-corrected chi connectivity index (χ1v) is 8.37. The highest BCUT2D eigenvalue weighted by Crippen LogP contribution is 2.25. The van der Waals surface area contributed by atoms with Crippen LogP contribution in [0.1, 0.15) is 24.1 Å². The number of hydrogen-bond acceptors (Lipinski definition) is 2. The fourth-order valence-corrected chi connectivity index (χ4v) is 2.53. The number of halogens is 2. The lowest BCUT2D eigenvalue weighted by atomic mass is 10.1. The summed E-state index contributed by atoms with van der Waals surface area (Å²) >= 11 is 11.9. The van der Waals surface area contributed by atoms with Gasteiger partial charge in [0.1, 0.15) is 5.75 Å². The van der Waals surface area contributed by atoms with Crippen molar-refractivity contribution in [1.82, 2.24) is 10.6 Å². The number of benzene rings is 2. The van der Waals surface area contributed by atoms with E-state index < -0.39 is 0 Å². The lowest BCUT2D eigenvalue weighted by Gasteiger charge is -2.15. The lowest BCUT2D eigenvalue weighted by Crippen LogP contribution is -2.38. The second-order valence-corrected chi connectivity index (χ2v) is 6.21. The normalized spacial score (nSPS) is 11.7. The Morgan fingerprint density at radius 3 is 2.46 bits per heavy atom. The van der Waals surface area contributed by atoms with Crippen molar-refractivity contribution >= 4 is 29.2 Å². The number of urea groups is 1. The van der Waals surface area contributed by atoms with Gasteiger partial charge < -0.3 is 15.4 Å². The third-order valence-electron chi connectivity index (χ3n) is 3.65. The maximum Gasteiger partial charge on any atom is 0.315 e. The average molecular weight is 367 g/mol. The predicted octanol–water partition coefficient (Wildman–Crippen LogP) is 4.60. The number of amides is 2. The number of carbonyl (C=O) groups excluding carboxylic acids is 1. The van der Waals surface area contributed by atoms with Gasteiger partial charge in [0.05, 0.1) is 23.2 Å². The molecular weight excluding hydrogens is 347 g/mol. The Balaban J connectivity index is 1.78. The Morgan fingerprint density at radius 1 is 1.12 bits per heavy atom. The highest BCUT2D eigenvalue weighted by Gasteiger charge is 2.10. The molecule has 0 bridgehead atoms. The summed E-state index contributed by atoms with van der Waals surface area (Å²) in [6, 6.07) is 12.7. The summed E-state index contributed by atoms with van der Waals surface area (Å²) < 4.78 is 5.12. The smallest absolute Gasteiger partial charge is 0.315 e. The van der Waals surface area contributed by atoms with Gasteiger partial charge >= 0.3 is 6.03 Å². The first kappa shape index (κ1) is 18.4. The van der Waals surface area contributed by atoms with E-state index in [9.17, 15) is 4.79 Å². The topological polar surface area (TPSA) is 50.4 Å². The summed E-state index contributed by atoms with van der Waals surface area (Å²) in [6.45, 7) is 2.44.